The lowest BCUT2D eigenvalue weighted by molar-refractivity contribution is 0.0922. The van der Waals surface area contributed by atoms with Gasteiger partial charge in [0.1, 0.15) is 0 Å². The van der Waals surface area contributed by atoms with Crippen LogP contribution in [0.15, 0.2) is 23.7 Å². The molecule has 4 nitrogen and oxygen atoms in total. The number of nitrogens with one attached hydrogen (secondary N) is 2. The molecule has 106 valence electrons. The molecule has 1 saturated carbocycles. The molecule has 1 aliphatic carbocycles. The Morgan fingerprint density at radius 2 is 2.30 bits per heavy atom. The van der Waals surface area contributed by atoms with E-state index in [1.807, 2.05) is 6.92 Å². The van der Waals surface area contributed by atoms with E-state index in [0.29, 0.717) is 11.5 Å². The second kappa shape index (κ2) is 5.79. The highest BCUT2D eigenvalue weighted by atomic mass is 32.1. The van der Waals surface area contributed by atoms with Gasteiger partial charge in [-0.05, 0) is 37.1 Å². The summed E-state index contributed by atoms with van der Waals surface area (Å²) < 4.78 is 0. The first-order valence-electron chi connectivity index (χ1n) is 7.10. The van der Waals surface area contributed by atoms with Crippen molar-refractivity contribution >= 4 is 17.2 Å². The van der Waals surface area contributed by atoms with E-state index in [4.69, 9.17) is 0 Å². The minimum absolute atomic E-state index is 0.0263. The molecule has 1 atom stereocenters. The van der Waals surface area contributed by atoms with Crippen LogP contribution in [0.2, 0.25) is 0 Å². The Balaban J connectivity index is 1.80. The molecule has 1 unspecified atom stereocenters. The van der Waals surface area contributed by atoms with E-state index in [1.54, 1.807) is 17.5 Å². The lowest BCUT2D eigenvalue weighted by Gasteiger charge is -2.23. The maximum Gasteiger partial charge on any atom is 0.255 e. The molecule has 20 heavy (non-hydrogen) atoms. The molecule has 1 aliphatic rings. The van der Waals surface area contributed by atoms with Crippen molar-refractivity contribution in [3.05, 3.63) is 39.8 Å². The summed E-state index contributed by atoms with van der Waals surface area (Å²) in [7, 11) is 0. The summed E-state index contributed by atoms with van der Waals surface area (Å²) in [6.07, 6.45) is 6.55. The number of carbonyl (C=O) groups excluding carboxylic acids is 1. The van der Waals surface area contributed by atoms with Crippen LogP contribution in [0.25, 0.3) is 0 Å². The van der Waals surface area contributed by atoms with Gasteiger partial charge < -0.3 is 5.32 Å². The summed E-state index contributed by atoms with van der Waals surface area (Å²) in [5.41, 5.74) is 1.46. The van der Waals surface area contributed by atoms with E-state index < -0.39 is 0 Å². The number of amides is 1. The van der Waals surface area contributed by atoms with Crippen molar-refractivity contribution in [2.45, 2.75) is 38.6 Å². The molecule has 0 bridgehead atoms. The number of aryl methyl sites for hydroxylation is 1. The van der Waals surface area contributed by atoms with Gasteiger partial charge in [0.2, 0.25) is 0 Å². The maximum atomic E-state index is 12.4. The van der Waals surface area contributed by atoms with E-state index in [2.05, 4.69) is 33.0 Å². The SMILES string of the molecule is Cc1[nH]ncc1C(=O)NC(c1cccs1)C1CCCC1. The van der Waals surface area contributed by atoms with Crippen molar-refractivity contribution in [3.8, 4) is 0 Å². The normalized spacial score (nSPS) is 17.2. The van der Waals surface area contributed by atoms with Gasteiger partial charge in [0.05, 0.1) is 17.8 Å². The Morgan fingerprint density at radius 3 is 2.90 bits per heavy atom. The summed E-state index contributed by atoms with van der Waals surface area (Å²) in [5, 5.41) is 12.0. The molecule has 0 aromatic carbocycles. The number of rotatable bonds is 4. The Labute approximate surface area is 122 Å². The number of aromatic amines is 1. The molecule has 2 N–H and O–H groups in total. The Bertz CT molecular complexity index is 570. The van der Waals surface area contributed by atoms with E-state index in [1.165, 1.54) is 30.6 Å². The van der Waals surface area contributed by atoms with Crippen LogP contribution in [0.5, 0.6) is 0 Å². The van der Waals surface area contributed by atoms with Gasteiger partial charge in [-0.25, -0.2) is 0 Å². The Kier molecular flexibility index (Phi) is 3.87. The molecule has 2 heterocycles. The zero-order valence-electron chi connectivity index (χ0n) is 11.6. The zero-order valence-corrected chi connectivity index (χ0v) is 12.4. The van der Waals surface area contributed by atoms with Gasteiger partial charge in [0.25, 0.3) is 5.91 Å². The standard InChI is InChI=1S/C15H19N3OS/c1-10-12(9-16-18-10)15(19)17-14(11-5-2-3-6-11)13-7-4-8-20-13/h4,7-9,11,14H,2-3,5-6H2,1H3,(H,16,18)(H,17,19). The minimum Gasteiger partial charge on any atom is -0.344 e. The number of hydrogen-bond acceptors (Lipinski definition) is 3. The van der Waals surface area contributed by atoms with Crippen LogP contribution < -0.4 is 5.32 Å². The second-order valence-electron chi connectivity index (χ2n) is 5.42. The van der Waals surface area contributed by atoms with Crippen LogP contribution in [-0.2, 0) is 0 Å². The second-order valence-corrected chi connectivity index (χ2v) is 6.40. The highest BCUT2D eigenvalue weighted by molar-refractivity contribution is 7.10. The molecular weight excluding hydrogens is 270 g/mol. The molecule has 0 spiro atoms. The fourth-order valence-electron chi connectivity index (χ4n) is 2.98. The van der Waals surface area contributed by atoms with Crippen LogP contribution in [0.4, 0.5) is 0 Å². The molecule has 0 saturated heterocycles. The van der Waals surface area contributed by atoms with Gasteiger partial charge in [0.15, 0.2) is 0 Å². The average Bonchev–Trinajstić information content (AvgIpc) is 3.18. The first-order valence-corrected chi connectivity index (χ1v) is 7.98. The highest BCUT2D eigenvalue weighted by Crippen LogP contribution is 2.37. The lowest BCUT2D eigenvalue weighted by Crippen LogP contribution is -2.32. The van der Waals surface area contributed by atoms with Crippen LogP contribution in [-0.4, -0.2) is 16.1 Å². The van der Waals surface area contributed by atoms with Crippen molar-refractivity contribution in [3.63, 3.8) is 0 Å². The van der Waals surface area contributed by atoms with Gasteiger partial charge >= 0.3 is 0 Å². The van der Waals surface area contributed by atoms with Gasteiger partial charge in [-0.3, -0.25) is 9.89 Å². The molecule has 5 heteroatoms. The van der Waals surface area contributed by atoms with Crippen molar-refractivity contribution in [2.24, 2.45) is 5.92 Å². The monoisotopic (exact) mass is 289 g/mol. The molecule has 0 radical (unpaired) electrons. The molecule has 1 fully saturated rings. The number of hydrogen-bond donors (Lipinski definition) is 2. The van der Waals surface area contributed by atoms with Crippen LogP contribution in [0.1, 0.15) is 52.7 Å². The Morgan fingerprint density at radius 1 is 1.50 bits per heavy atom. The first-order chi connectivity index (χ1) is 9.75. The fourth-order valence-corrected chi connectivity index (χ4v) is 3.85. The minimum atomic E-state index is -0.0263. The fraction of sp³-hybridized carbons (Fsp3) is 0.467. The Hall–Kier alpha value is -1.62. The number of thiophene rings is 1. The van der Waals surface area contributed by atoms with Crippen LogP contribution >= 0.6 is 11.3 Å². The quantitative estimate of drug-likeness (QED) is 0.906. The maximum absolute atomic E-state index is 12.4. The number of nitrogens with zero attached hydrogens (tertiary/aromatic N) is 1. The molecule has 3 rings (SSSR count). The molecule has 1 amide bonds. The van der Waals surface area contributed by atoms with Crippen molar-refractivity contribution in [1.29, 1.82) is 0 Å². The number of H-pyrrole nitrogens is 1. The van der Waals surface area contributed by atoms with Crippen molar-refractivity contribution in [2.75, 3.05) is 0 Å². The third-order valence-corrected chi connectivity index (χ3v) is 5.04. The van der Waals surface area contributed by atoms with Gasteiger partial charge in [-0.2, -0.15) is 5.10 Å². The summed E-state index contributed by atoms with van der Waals surface area (Å²) in [6, 6.07) is 4.31. The smallest absolute Gasteiger partial charge is 0.255 e. The first kappa shape index (κ1) is 13.4. The summed E-state index contributed by atoms with van der Waals surface area (Å²) in [4.78, 5) is 13.7. The van der Waals surface area contributed by atoms with Crippen LogP contribution in [0.3, 0.4) is 0 Å². The summed E-state index contributed by atoms with van der Waals surface area (Å²) in [6.45, 7) is 1.87. The average molecular weight is 289 g/mol. The van der Waals surface area contributed by atoms with Crippen molar-refractivity contribution < 1.29 is 4.79 Å². The highest BCUT2D eigenvalue weighted by Gasteiger charge is 2.29. The summed E-state index contributed by atoms with van der Waals surface area (Å²) in [5.74, 6) is 0.534. The van der Waals surface area contributed by atoms with E-state index in [-0.39, 0.29) is 11.9 Å². The molecule has 2 aromatic rings. The van der Waals surface area contributed by atoms with Crippen molar-refractivity contribution in [1.82, 2.24) is 15.5 Å². The zero-order chi connectivity index (χ0) is 13.9. The molecule has 0 aliphatic heterocycles. The van der Waals surface area contributed by atoms with Gasteiger partial charge in [-0.1, -0.05) is 18.9 Å². The largest absolute Gasteiger partial charge is 0.344 e. The van der Waals surface area contributed by atoms with E-state index in [9.17, 15) is 4.79 Å². The van der Waals surface area contributed by atoms with Crippen LogP contribution in [0, 0.1) is 12.8 Å². The van der Waals surface area contributed by atoms with E-state index >= 15 is 0 Å². The predicted octanol–water partition coefficient (Wildman–Crippen LogP) is 3.44. The number of aromatic nitrogens is 2. The molecular formula is C15H19N3OS. The summed E-state index contributed by atoms with van der Waals surface area (Å²) >= 11 is 1.72. The third kappa shape index (κ3) is 2.63. The van der Waals surface area contributed by atoms with Gasteiger partial charge in [-0.15, -0.1) is 11.3 Å². The topological polar surface area (TPSA) is 57.8 Å². The van der Waals surface area contributed by atoms with Gasteiger partial charge in [0, 0.05) is 10.6 Å². The predicted molar refractivity (Wildman–Crippen MR) is 79.8 cm³/mol. The third-order valence-electron chi connectivity index (χ3n) is 4.08. The van der Waals surface area contributed by atoms with E-state index in [0.717, 1.165) is 5.69 Å². The number of carbonyl (C=O) groups is 1. The lowest BCUT2D eigenvalue weighted by atomic mass is 9.96. The molecule has 2 aromatic heterocycles.